The number of thiophene rings is 2. The summed E-state index contributed by atoms with van der Waals surface area (Å²) in [6.45, 7) is 0.322. The number of halogens is 1. The van der Waals surface area contributed by atoms with Crippen LogP contribution < -0.4 is 4.72 Å². The Hall–Kier alpha value is -0.210. The van der Waals surface area contributed by atoms with Gasteiger partial charge in [0.15, 0.2) is 0 Å². The Kier molecular flexibility index (Phi) is 3.81. The zero-order valence-corrected chi connectivity index (χ0v) is 12.0. The van der Waals surface area contributed by atoms with Crippen molar-refractivity contribution < 1.29 is 8.42 Å². The average molecular weight is 338 g/mol. The molecule has 16 heavy (non-hydrogen) atoms. The van der Waals surface area contributed by atoms with Crippen molar-refractivity contribution in [1.82, 2.24) is 4.72 Å². The molecule has 0 aliphatic rings. The molecule has 0 saturated heterocycles. The molecule has 0 radical (unpaired) electrons. The highest BCUT2D eigenvalue weighted by molar-refractivity contribution is 9.11. The van der Waals surface area contributed by atoms with Crippen LogP contribution in [-0.2, 0) is 16.6 Å². The van der Waals surface area contributed by atoms with Crippen LogP contribution in [0.25, 0.3) is 0 Å². The molecule has 2 heterocycles. The maximum atomic E-state index is 11.8. The Morgan fingerprint density at radius 3 is 2.75 bits per heavy atom. The Morgan fingerprint density at radius 1 is 1.38 bits per heavy atom. The first-order valence-electron chi connectivity index (χ1n) is 4.34. The lowest BCUT2D eigenvalue weighted by atomic mass is 10.4. The predicted octanol–water partition coefficient (Wildman–Crippen LogP) is 3.05. The van der Waals surface area contributed by atoms with Crippen LogP contribution in [0.15, 0.2) is 37.0 Å². The smallest absolute Gasteiger partial charge is 0.206 e. The van der Waals surface area contributed by atoms with E-state index in [0.29, 0.717) is 10.8 Å². The number of nitrogens with one attached hydrogen (secondary N) is 1. The van der Waals surface area contributed by atoms with Crippen molar-refractivity contribution in [3.05, 3.63) is 38.3 Å². The van der Waals surface area contributed by atoms with Gasteiger partial charge in [0.2, 0.25) is 10.0 Å². The third-order valence-corrected chi connectivity index (χ3v) is 6.20. The summed E-state index contributed by atoms with van der Waals surface area (Å²) in [5.74, 6) is 0. The maximum absolute atomic E-state index is 11.8. The minimum Gasteiger partial charge on any atom is -0.206 e. The van der Waals surface area contributed by atoms with Gasteiger partial charge in [0.25, 0.3) is 0 Å². The molecule has 1 N–H and O–H groups in total. The lowest BCUT2D eigenvalue weighted by molar-refractivity contribution is 0.583. The molecule has 3 nitrogen and oxygen atoms in total. The van der Waals surface area contributed by atoms with Crippen LogP contribution in [0.5, 0.6) is 0 Å². The van der Waals surface area contributed by atoms with Crippen LogP contribution in [0, 0.1) is 0 Å². The summed E-state index contributed by atoms with van der Waals surface area (Å²) in [6, 6.07) is 5.22. The molecule has 0 aliphatic carbocycles. The van der Waals surface area contributed by atoms with E-state index in [-0.39, 0.29) is 0 Å². The number of rotatable bonds is 4. The van der Waals surface area contributed by atoms with Crippen molar-refractivity contribution in [2.75, 3.05) is 0 Å². The molecule has 7 heteroatoms. The van der Waals surface area contributed by atoms with Gasteiger partial charge in [-0.15, -0.1) is 22.7 Å². The Balaban J connectivity index is 2.06. The van der Waals surface area contributed by atoms with Crippen molar-refractivity contribution in [3.8, 4) is 0 Å². The summed E-state index contributed by atoms with van der Waals surface area (Å²) in [7, 11) is -3.35. The second-order valence-electron chi connectivity index (χ2n) is 3.02. The highest BCUT2D eigenvalue weighted by atomic mass is 79.9. The first-order valence-corrected chi connectivity index (χ1v) is 8.37. The second-order valence-corrected chi connectivity index (χ2v) is 8.25. The first-order chi connectivity index (χ1) is 7.58. The number of hydrogen-bond donors (Lipinski definition) is 1. The minimum absolute atomic E-state index is 0.322. The van der Waals surface area contributed by atoms with Gasteiger partial charge in [-0.05, 0) is 44.4 Å². The van der Waals surface area contributed by atoms with Gasteiger partial charge in [-0.2, -0.15) is 0 Å². The van der Waals surface area contributed by atoms with Gasteiger partial charge in [0, 0.05) is 6.54 Å². The topological polar surface area (TPSA) is 46.2 Å². The summed E-state index contributed by atoms with van der Waals surface area (Å²) in [5, 5.41) is 3.66. The second kappa shape index (κ2) is 4.97. The van der Waals surface area contributed by atoms with Gasteiger partial charge in [-0.3, -0.25) is 0 Å². The highest BCUT2D eigenvalue weighted by Crippen LogP contribution is 2.21. The molecule has 0 fully saturated rings. The van der Waals surface area contributed by atoms with E-state index >= 15 is 0 Å². The molecule has 0 bridgehead atoms. The molecule has 2 aromatic heterocycles. The van der Waals surface area contributed by atoms with E-state index in [1.807, 2.05) is 11.4 Å². The van der Waals surface area contributed by atoms with Crippen molar-refractivity contribution >= 4 is 48.6 Å². The third-order valence-electron chi connectivity index (χ3n) is 1.85. The highest BCUT2D eigenvalue weighted by Gasteiger charge is 2.14. The quantitative estimate of drug-likeness (QED) is 0.931. The normalized spacial score (nSPS) is 11.8. The molecule has 0 aromatic carbocycles. The first kappa shape index (κ1) is 12.3. The Labute approximate surface area is 110 Å². The van der Waals surface area contributed by atoms with Crippen LogP contribution in [0.2, 0.25) is 0 Å². The van der Waals surface area contributed by atoms with Crippen molar-refractivity contribution in [1.29, 1.82) is 0 Å². The van der Waals surface area contributed by atoms with Gasteiger partial charge in [0.05, 0.1) is 3.79 Å². The molecule has 0 unspecified atom stereocenters. The zero-order valence-electron chi connectivity index (χ0n) is 8.01. The average Bonchev–Trinajstić information content (AvgIpc) is 2.85. The maximum Gasteiger partial charge on any atom is 0.250 e. The van der Waals surface area contributed by atoms with E-state index in [9.17, 15) is 8.42 Å². The van der Waals surface area contributed by atoms with E-state index in [1.165, 1.54) is 22.7 Å². The van der Waals surface area contributed by atoms with Gasteiger partial charge in [0.1, 0.15) is 4.21 Å². The van der Waals surface area contributed by atoms with Crippen LogP contribution in [0.1, 0.15) is 5.56 Å². The SMILES string of the molecule is O=S(=O)(NCc1csc(Br)c1)c1cccs1. The Morgan fingerprint density at radius 2 is 2.19 bits per heavy atom. The molecule has 0 atom stereocenters. The van der Waals surface area contributed by atoms with Gasteiger partial charge < -0.3 is 0 Å². The molecular formula is C9H8BrNO2S3. The largest absolute Gasteiger partial charge is 0.250 e. The van der Waals surface area contributed by atoms with Crippen molar-refractivity contribution in [3.63, 3.8) is 0 Å². The molecule has 2 aromatic rings. The van der Waals surface area contributed by atoms with Crippen LogP contribution >= 0.6 is 38.6 Å². The predicted molar refractivity (Wildman–Crippen MR) is 70.4 cm³/mol. The van der Waals surface area contributed by atoms with Crippen LogP contribution in [-0.4, -0.2) is 8.42 Å². The summed E-state index contributed by atoms with van der Waals surface area (Å²) >= 11 is 6.08. The van der Waals surface area contributed by atoms with E-state index in [1.54, 1.807) is 17.5 Å². The fourth-order valence-electron chi connectivity index (χ4n) is 1.10. The van der Waals surface area contributed by atoms with Crippen LogP contribution in [0.3, 0.4) is 0 Å². The lowest BCUT2D eigenvalue weighted by Gasteiger charge is -2.02. The molecule has 0 saturated carbocycles. The Bertz CT molecular complexity index is 559. The fraction of sp³-hybridized carbons (Fsp3) is 0.111. The summed E-state index contributed by atoms with van der Waals surface area (Å²) < 4.78 is 27.4. The summed E-state index contributed by atoms with van der Waals surface area (Å²) in [5.41, 5.74) is 0.956. The molecule has 0 spiro atoms. The number of hydrogen-bond acceptors (Lipinski definition) is 4. The minimum atomic E-state index is -3.35. The zero-order chi connectivity index (χ0) is 11.6. The molecule has 0 aliphatic heterocycles. The summed E-state index contributed by atoms with van der Waals surface area (Å²) in [6.07, 6.45) is 0. The molecule has 86 valence electrons. The van der Waals surface area contributed by atoms with Crippen LogP contribution in [0.4, 0.5) is 0 Å². The van der Waals surface area contributed by atoms with E-state index in [2.05, 4.69) is 20.7 Å². The number of sulfonamides is 1. The fourth-order valence-corrected chi connectivity index (χ4v) is 4.37. The van der Waals surface area contributed by atoms with E-state index in [4.69, 9.17) is 0 Å². The monoisotopic (exact) mass is 337 g/mol. The van der Waals surface area contributed by atoms with Crippen molar-refractivity contribution in [2.24, 2.45) is 0 Å². The van der Waals surface area contributed by atoms with Gasteiger partial charge in [-0.1, -0.05) is 6.07 Å². The summed E-state index contributed by atoms with van der Waals surface area (Å²) in [4.78, 5) is 0. The molecule has 2 rings (SSSR count). The van der Waals surface area contributed by atoms with Gasteiger partial charge in [-0.25, -0.2) is 13.1 Å². The molecule has 0 amide bonds. The van der Waals surface area contributed by atoms with E-state index in [0.717, 1.165) is 9.35 Å². The third kappa shape index (κ3) is 2.92. The van der Waals surface area contributed by atoms with Crippen molar-refractivity contribution in [2.45, 2.75) is 10.8 Å². The standard InChI is InChI=1S/C9H8BrNO2S3/c10-8-4-7(6-15-8)5-11-16(12,13)9-2-1-3-14-9/h1-4,6,11H,5H2. The van der Waals surface area contributed by atoms with Gasteiger partial charge >= 0.3 is 0 Å². The van der Waals surface area contributed by atoms with E-state index < -0.39 is 10.0 Å². The lowest BCUT2D eigenvalue weighted by Crippen LogP contribution is -2.21. The molecular weight excluding hydrogens is 330 g/mol.